The number of anilines is 2. The van der Waals surface area contributed by atoms with Crippen molar-refractivity contribution in [1.82, 2.24) is 4.98 Å². The Labute approximate surface area is 167 Å². The van der Waals surface area contributed by atoms with Crippen molar-refractivity contribution < 1.29 is 27.9 Å². The standard InChI is InChI=1S/C18H22N2O6S2/c1-4-26-16(23)18(2,10-9-15(21)22)14-11-27-17(20-14)19-12-5-7-13(8-6-12)28(3,24)25/h5-8,11H,4,9-10H2,1-3H3,(H,19,20)(H,21,22). The Morgan fingerprint density at radius 3 is 2.46 bits per heavy atom. The zero-order valence-electron chi connectivity index (χ0n) is 15.8. The molecule has 0 amide bonds. The second-order valence-corrected chi connectivity index (χ2v) is 9.28. The van der Waals surface area contributed by atoms with Crippen LogP contribution in [0.5, 0.6) is 0 Å². The third-order valence-electron chi connectivity index (χ3n) is 4.17. The summed E-state index contributed by atoms with van der Waals surface area (Å²) in [6, 6.07) is 6.21. The molecule has 0 saturated carbocycles. The van der Waals surface area contributed by atoms with Gasteiger partial charge < -0.3 is 15.2 Å². The minimum atomic E-state index is -3.28. The molecular weight excluding hydrogens is 404 g/mol. The highest BCUT2D eigenvalue weighted by molar-refractivity contribution is 7.90. The summed E-state index contributed by atoms with van der Waals surface area (Å²) in [5.74, 6) is -1.53. The van der Waals surface area contributed by atoms with Crippen molar-refractivity contribution in [2.24, 2.45) is 0 Å². The number of hydrogen-bond donors (Lipinski definition) is 2. The molecule has 1 aromatic heterocycles. The summed E-state index contributed by atoms with van der Waals surface area (Å²) in [5, 5.41) is 14.2. The molecule has 0 aliphatic rings. The number of carboxylic acids is 1. The SMILES string of the molecule is CCOC(=O)C(C)(CCC(=O)O)c1csc(Nc2ccc(S(C)(=O)=O)cc2)n1. The zero-order chi connectivity index (χ0) is 20.9. The fraction of sp³-hybridized carbons (Fsp3) is 0.389. The first-order valence-corrected chi connectivity index (χ1v) is 11.3. The molecule has 0 radical (unpaired) electrons. The van der Waals surface area contributed by atoms with E-state index >= 15 is 0 Å². The van der Waals surface area contributed by atoms with Crippen molar-refractivity contribution in [3.8, 4) is 0 Å². The van der Waals surface area contributed by atoms with Gasteiger partial charge in [-0.2, -0.15) is 0 Å². The first-order valence-electron chi connectivity index (χ1n) is 8.48. The van der Waals surface area contributed by atoms with Gasteiger partial charge in [-0.25, -0.2) is 13.4 Å². The number of nitrogens with zero attached hydrogens (tertiary/aromatic N) is 1. The van der Waals surface area contributed by atoms with Crippen LogP contribution in [0.2, 0.25) is 0 Å². The minimum absolute atomic E-state index is 0.0629. The molecule has 152 valence electrons. The summed E-state index contributed by atoms with van der Waals surface area (Å²) in [6.45, 7) is 3.49. The molecule has 1 aromatic carbocycles. The van der Waals surface area contributed by atoms with Crippen LogP contribution in [-0.2, 0) is 29.6 Å². The number of hydrogen-bond acceptors (Lipinski definition) is 8. The predicted octanol–water partition coefficient (Wildman–Crippen LogP) is 2.98. The maximum atomic E-state index is 12.4. The molecule has 28 heavy (non-hydrogen) atoms. The molecular formula is C18H22N2O6S2. The first kappa shape index (κ1) is 21.8. The lowest BCUT2D eigenvalue weighted by Crippen LogP contribution is -2.35. The molecule has 10 heteroatoms. The molecule has 0 aliphatic carbocycles. The van der Waals surface area contributed by atoms with Gasteiger partial charge in [-0.1, -0.05) is 0 Å². The fourth-order valence-corrected chi connectivity index (χ4v) is 3.97. The average molecular weight is 427 g/mol. The number of esters is 1. The van der Waals surface area contributed by atoms with E-state index < -0.39 is 27.2 Å². The molecule has 8 nitrogen and oxygen atoms in total. The van der Waals surface area contributed by atoms with Crippen molar-refractivity contribution in [3.05, 3.63) is 35.3 Å². The normalized spacial score (nSPS) is 13.5. The van der Waals surface area contributed by atoms with Gasteiger partial charge in [-0.05, 0) is 44.5 Å². The molecule has 0 bridgehead atoms. The van der Waals surface area contributed by atoms with Crippen molar-refractivity contribution in [2.75, 3.05) is 18.2 Å². The van der Waals surface area contributed by atoms with E-state index in [0.29, 0.717) is 16.5 Å². The molecule has 1 heterocycles. The summed E-state index contributed by atoms with van der Waals surface area (Å²) in [6.07, 6.45) is 1.01. The lowest BCUT2D eigenvalue weighted by molar-refractivity contribution is -0.150. The largest absolute Gasteiger partial charge is 0.481 e. The third kappa shape index (κ3) is 5.29. The number of carbonyl (C=O) groups is 2. The van der Waals surface area contributed by atoms with Gasteiger partial charge >= 0.3 is 11.9 Å². The highest BCUT2D eigenvalue weighted by Gasteiger charge is 2.39. The zero-order valence-corrected chi connectivity index (χ0v) is 17.4. The molecule has 0 spiro atoms. The Morgan fingerprint density at radius 1 is 1.29 bits per heavy atom. The predicted molar refractivity (Wildman–Crippen MR) is 106 cm³/mol. The van der Waals surface area contributed by atoms with Gasteiger partial charge in [0.05, 0.1) is 17.2 Å². The molecule has 0 fully saturated rings. The number of rotatable bonds is 9. The number of thiazole rings is 1. The van der Waals surface area contributed by atoms with Gasteiger partial charge in [0.2, 0.25) is 0 Å². The summed E-state index contributed by atoms with van der Waals surface area (Å²) in [7, 11) is -3.28. The Kier molecular flexibility index (Phi) is 6.78. The molecule has 1 atom stereocenters. The maximum absolute atomic E-state index is 12.4. The van der Waals surface area contributed by atoms with Crippen LogP contribution in [0.25, 0.3) is 0 Å². The van der Waals surface area contributed by atoms with Gasteiger partial charge in [-0.15, -0.1) is 11.3 Å². The van der Waals surface area contributed by atoms with Crippen LogP contribution in [-0.4, -0.2) is 43.3 Å². The molecule has 0 saturated heterocycles. The second kappa shape index (κ2) is 8.70. The molecule has 2 N–H and O–H groups in total. The number of carbonyl (C=O) groups excluding carboxylic acids is 1. The van der Waals surface area contributed by atoms with Crippen LogP contribution in [0, 0.1) is 0 Å². The van der Waals surface area contributed by atoms with Crippen molar-refractivity contribution in [2.45, 2.75) is 37.0 Å². The average Bonchev–Trinajstić information content (AvgIpc) is 3.08. The number of carboxylic acid groups (broad SMARTS) is 1. The number of aliphatic carboxylic acids is 1. The smallest absolute Gasteiger partial charge is 0.317 e. The first-order chi connectivity index (χ1) is 13.1. The lowest BCUT2D eigenvalue weighted by Gasteiger charge is -2.24. The van der Waals surface area contributed by atoms with Crippen LogP contribution in [0.4, 0.5) is 10.8 Å². The van der Waals surface area contributed by atoms with E-state index in [9.17, 15) is 18.0 Å². The number of nitrogens with one attached hydrogen (secondary N) is 1. The third-order valence-corrected chi connectivity index (χ3v) is 6.05. The molecule has 2 rings (SSSR count). The summed E-state index contributed by atoms with van der Waals surface area (Å²) in [4.78, 5) is 28.1. The quantitative estimate of drug-likeness (QED) is 0.587. The van der Waals surface area contributed by atoms with Gasteiger partial charge in [-0.3, -0.25) is 9.59 Å². The van der Waals surface area contributed by atoms with Crippen LogP contribution in [0.1, 0.15) is 32.4 Å². The van der Waals surface area contributed by atoms with Crippen molar-refractivity contribution in [3.63, 3.8) is 0 Å². The number of aromatic nitrogens is 1. The van der Waals surface area contributed by atoms with E-state index in [4.69, 9.17) is 9.84 Å². The van der Waals surface area contributed by atoms with Gasteiger partial charge in [0.25, 0.3) is 0 Å². The lowest BCUT2D eigenvalue weighted by atomic mass is 9.82. The van der Waals surface area contributed by atoms with Crippen LogP contribution in [0.3, 0.4) is 0 Å². The minimum Gasteiger partial charge on any atom is -0.481 e. The highest BCUT2D eigenvalue weighted by atomic mass is 32.2. The molecule has 2 aromatic rings. The van der Waals surface area contributed by atoms with Crippen LogP contribution < -0.4 is 5.32 Å². The second-order valence-electron chi connectivity index (χ2n) is 6.41. The Bertz CT molecular complexity index is 953. The number of sulfone groups is 1. The van der Waals surface area contributed by atoms with E-state index in [1.165, 1.54) is 23.5 Å². The van der Waals surface area contributed by atoms with E-state index in [-0.39, 0.29) is 24.3 Å². The highest BCUT2D eigenvalue weighted by Crippen LogP contribution is 2.34. The maximum Gasteiger partial charge on any atom is 0.317 e. The summed E-state index contributed by atoms with van der Waals surface area (Å²) in [5.41, 5.74) is -0.116. The monoisotopic (exact) mass is 426 g/mol. The Morgan fingerprint density at radius 2 is 1.93 bits per heavy atom. The number of ether oxygens (including phenoxy) is 1. The van der Waals surface area contributed by atoms with E-state index in [2.05, 4.69) is 10.3 Å². The van der Waals surface area contributed by atoms with Gasteiger partial charge in [0, 0.05) is 23.7 Å². The van der Waals surface area contributed by atoms with E-state index in [1.54, 1.807) is 31.4 Å². The Hall–Kier alpha value is -2.46. The Balaban J connectivity index is 2.23. The van der Waals surface area contributed by atoms with Crippen LogP contribution >= 0.6 is 11.3 Å². The molecule has 0 aliphatic heterocycles. The van der Waals surface area contributed by atoms with Crippen molar-refractivity contribution in [1.29, 1.82) is 0 Å². The topological polar surface area (TPSA) is 123 Å². The van der Waals surface area contributed by atoms with Crippen LogP contribution in [0.15, 0.2) is 34.5 Å². The summed E-state index contributed by atoms with van der Waals surface area (Å²) < 4.78 is 28.2. The molecule has 1 unspecified atom stereocenters. The van der Waals surface area contributed by atoms with Gasteiger partial charge in [0.15, 0.2) is 15.0 Å². The van der Waals surface area contributed by atoms with E-state index in [0.717, 1.165) is 6.26 Å². The summed E-state index contributed by atoms with van der Waals surface area (Å²) >= 11 is 1.26. The van der Waals surface area contributed by atoms with E-state index in [1.807, 2.05) is 0 Å². The van der Waals surface area contributed by atoms with Gasteiger partial charge in [0.1, 0.15) is 5.41 Å². The van der Waals surface area contributed by atoms with Crippen molar-refractivity contribution >= 4 is 43.9 Å². The number of benzene rings is 1. The fourth-order valence-electron chi connectivity index (χ4n) is 2.48.